The molecular formula is C29H37FN4O3S. The number of aliphatic hydroxyl groups excluding tert-OH is 1. The van der Waals surface area contributed by atoms with E-state index < -0.39 is 9.73 Å². The first-order valence-corrected chi connectivity index (χ1v) is 15.6. The van der Waals surface area contributed by atoms with Crippen LogP contribution in [0.5, 0.6) is 5.75 Å². The predicted molar refractivity (Wildman–Crippen MR) is 149 cm³/mol. The standard InChI is InChI=1S/C29H37FN4O3S/c1-20-15-23(33-38(2,36)14-13-34-11-3-4-12-34)18-27-29(20)26(31-19-32-27)16-21-5-6-22(30)17-28(21)37-25-9-7-24(35)8-10-25/h5-6,15,17-19,24-25,35H,3-4,7-14,16H2,1-2H3. The lowest BCUT2D eigenvalue weighted by Gasteiger charge is -2.27. The van der Waals surface area contributed by atoms with Gasteiger partial charge in [0.25, 0.3) is 0 Å². The van der Waals surface area contributed by atoms with Crippen LogP contribution >= 0.6 is 0 Å². The number of hydrogen-bond donors (Lipinski definition) is 1. The molecule has 0 radical (unpaired) electrons. The molecule has 5 rings (SSSR count). The first-order valence-electron chi connectivity index (χ1n) is 13.6. The minimum atomic E-state index is -2.37. The Hall–Kier alpha value is -2.62. The molecule has 0 bridgehead atoms. The van der Waals surface area contributed by atoms with E-state index >= 15 is 0 Å². The van der Waals surface area contributed by atoms with E-state index in [1.54, 1.807) is 12.3 Å². The summed E-state index contributed by atoms with van der Waals surface area (Å²) < 4.78 is 38.2. The Labute approximate surface area is 224 Å². The molecule has 1 N–H and O–H groups in total. The Morgan fingerprint density at radius 2 is 1.89 bits per heavy atom. The van der Waals surface area contributed by atoms with Gasteiger partial charge in [-0.05, 0) is 82.3 Å². The van der Waals surface area contributed by atoms with Crippen molar-refractivity contribution >= 4 is 26.3 Å². The highest BCUT2D eigenvalue weighted by molar-refractivity contribution is 7.93. The Morgan fingerprint density at radius 1 is 1.13 bits per heavy atom. The number of benzene rings is 2. The minimum absolute atomic E-state index is 0.0404. The average molecular weight is 541 g/mol. The number of aromatic nitrogens is 2. The van der Waals surface area contributed by atoms with Crippen molar-refractivity contribution < 1.29 is 18.4 Å². The van der Waals surface area contributed by atoms with E-state index in [0.717, 1.165) is 60.2 Å². The zero-order valence-electron chi connectivity index (χ0n) is 22.2. The second kappa shape index (κ2) is 11.6. The zero-order valence-corrected chi connectivity index (χ0v) is 23.1. The third-order valence-electron chi connectivity index (χ3n) is 7.61. The molecule has 38 heavy (non-hydrogen) atoms. The van der Waals surface area contributed by atoms with E-state index in [9.17, 15) is 13.7 Å². The Bertz CT molecular complexity index is 1410. The fourth-order valence-electron chi connectivity index (χ4n) is 5.52. The van der Waals surface area contributed by atoms with E-state index in [1.165, 1.54) is 31.3 Å². The molecule has 9 heteroatoms. The molecule has 7 nitrogen and oxygen atoms in total. The molecule has 2 fully saturated rings. The number of ether oxygens (including phenoxy) is 1. The molecule has 0 spiro atoms. The number of rotatable bonds is 8. The molecule has 3 aromatic rings. The summed E-state index contributed by atoms with van der Waals surface area (Å²) in [5, 5.41) is 10.7. The van der Waals surface area contributed by atoms with Crippen LogP contribution < -0.4 is 4.74 Å². The quantitative estimate of drug-likeness (QED) is 0.424. The third-order valence-corrected chi connectivity index (χ3v) is 9.14. The highest BCUT2D eigenvalue weighted by atomic mass is 32.2. The number of aliphatic hydroxyl groups is 1. The van der Waals surface area contributed by atoms with Crippen molar-refractivity contribution in [1.29, 1.82) is 0 Å². The summed E-state index contributed by atoms with van der Waals surface area (Å²) in [6.45, 7) is 4.95. The summed E-state index contributed by atoms with van der Waals surface area (Å²) >= 11 is 0. The van der Waals surface area contributed by atoms with Crippen LogP contribution in [0.1, 0.15) is 55.3 Å². The Morgan fingerprint density at radius 3 is 2.66 bits per heavy atom. The molecule has 204 valence electrons. The van der Waals surface area contributed by atoms with Gasteiger partial charge in [0.05, 0.1) is 29.1 Å². The lowest BCUT2D eigenvalue weighted by molar-refractivity contribution is 0.0660. The highest BCUT2D eigenvalue weighted by Crippen LogP contribution is 2.32. The van der Waals surface area contributed by atoms with Gasteiger partial charge in [-0.1, -0.05) is 6.07 Å². The summed E-state index contributed by atoms with van der Waals surface area (Å²) in [6, 6.07) is 8.46. The molecule has 1 saturated carbocycles. The smallest absolute Gasteiger partial charge is 0.126 e. The molecule has 0 amide bonds. The first-order chi connectivity index (χ1) is 18.3. The molecular weight excluding hydrogens is 503 g/mol. The summed E-state index contributed by atoms with van der Waals surface area (Å²) in [4.78, 5) is 11.4. The number of halogens is 1. The van der Waals surface area contributed by atoms with Gasteiger partial charge in [-0.15, -0.1) is 0 Å². The fraction of sp³-hybridized carbons (Fsp3) is 0.517. The summed E-state index contributed by atoms with van der Waals surface area (Å²) in [6.07, 6.45) is 8.72. The van der Waals surface area contributed by atoms with Crippen LogP contribution in [0.3, 0.4) is 0 Å². The monoisotopic (exact) mass is 540 g/mol. The lowest BCUT2D eigenvalue weighted by Crippen LogP contribution is -2.26. The van der Waals surface area contributed by atoms with Crippen molar-refractivity contribution in [3.8, 4) is 5.75 Å². The van der Waals surface area contributed by atoms with Crippen molar-refractivity contribution in [2.24, 2.45) is 4.36 Å². The van der Waals surface area contributed by atoms with Crippen LogP contribution in [-0.4, -0.2) is 68.0 Å². The SMILES string of the molecule is Cc1cc(N=S(C)(=O)CCN2CCCC2)cc2ncnc(Cc3ccc(F)cc3OC3CCC(O)CC3)c12. The molecule has 2 heterocycles. The maximum absolute atomic E-state index is 14.2. The van der Waals surface area contributed by atoms with Gasteiger partial charge in [-0.2, -0.15) is 4.36 Å². The van der Waals surface area contributed by atoms with Gasteiger partial charge in [0.2, 0.25) is 0 Å². The second-order valence-electron chi connectivity index (χ2n) is 10.8. The van der Waals surface area contributed by atoms with Crippen LogP contribution in [-0.2, 0) is 16.1 Å². The number of fused-ring (bicyclic) bond motifs is 1. The fourth-order valence-corrected chi connectivity index (χ4v) is 6.76. The van der Waals surface area contributed by atoms with Gasteiger partial charge < -0.3 is 14.7 Å². The van der Waals surface area contributed by atoms with E-state index in [4.69, 9.17) is 4.74 Å². The van der Waals surface area contributed by atoms with Gasteiger partial charge in [-0.3, -0.25) is 0 Å². The van der Waals surface area contributed by atoms with Gasteiger partial charge in [0.1, 0.15) is 17.9 Å². The molecule has 2 aromatic carbocycles. The molecule has 1 aromatic heterocycles. The van der Waals surface area contributed by atoms with Crippen molar-refractivity contribution in [2.45, 2.75) is 64.1 Å². The first kappa shape index (κ1) is 27.0. The van der Waals surface area contributed by atoms with E-state index in [0.29, 0.717) is 36.5 Å². The predicted octanol–water partition coefficient (Wildman–Crippen LogP) is 5.18. The molecule has 1 atom stereocenters. The molecule has 1 saturated heterocycles. The van der Waals surface area contributed by atoms with Gasteiger partial charge in [0.15, 0.2) is 0 Å². The van der Waals surface area contributed by atoms with Crippen molar-refractivity contribution in [1.82, 2.24) is 14.9 Å². The van der Waals surface area contributed by atoms with Crippen molar-refractivity contribution in [3.05, 3.63) is 59.3 Å². The second-order valence-corrected chi connectivity index (χ2v) is 13.3. The summed E-state index contributed by atoms with van der Waals surface area (Å²) in [5.41, 5.74) is 4.04. The van der Waals surface area contributed by atoms with Crippen molar-refractivity contribution in [3.63, 3.8) is 0 Å². The Balaban J connectivity index is 1.39. The maximum Gasteiger partial charge on any atom is 0.126 e. The van der Waals surface area contributed by atoms with Crippen LogP contribution in [0.4, 0.5) is 10.1 Å². The van der Waals surface area contributed by atoms with E-state index in [1.807, 2.05) is 19.1 Å². The molecule has 1 unspecified atom stereocenters. The zero-order chi connectivity index (χ0) is 26.7. The van der Waals surface area contributed by atoms with Crippen LogP contribution in [0.2, 0.25) is 0 Å². The van der Waals surface area contributed by atoms with Crippen molar-refractivity contribution in [2.75, 3.05) is 31.6 Å². The molecule has 1 aliphatic carbocycles. The van der Waals surface area contributed by atoms with E-state index in [2.05, 4.69) is 19.2 Å². The van der Waals surface area contributed by atoms with Gasteiger partial charge in [0, 0.05) is 51.7 Å². The number of aryl methyl sites for hydroxylation is 1. The number of likely N-dealkylation sites (tertiary alicyclic amines) is 1. The van der Waals surface area contributed by atoms with Crippen LogP contribution in [0, 0.1) is 12.7 Å². The van der Waals surface area contributed by atoms with E-state index in [-0.39, 0.29) is 18.0 Å². The number of hydrogen-bond acceptors (Lipinski definition) is 7. The highest BCUT2D eigenvalue weighted by Gasteiger charge is 2.22. The third kappa shape index (κ3) is 6.68. The lowest BCUT2D eigenvalue weighted by atomic mass is 9.95. The van der Waals surface area contributed by atoms with Gasteiger partial charge >= 0.3 is 0 Å². The minimum Gasteiger partial charge on any atom is -0.490 e. The van der Waals surface area contributed by atoms with Gasteiger partial charge in [-0.25, -0.2) is 18.6 Å². The largest absolute Gasteiger partial charge is 0.490 e. The normalized spacial score (nSPS) is 21.9. The average Bonchev–Trinajstić information content (AvgIpc) is 3.39. The maximum atomic E-state index is 14.2. The summed E-state index contributed by atoms with van der Waals surface area (Å²) in [7, 11) is -2.37. The Kier molecular flexibility index (Phi) is 8.26. The molecule has 1 aliphatic heterocycles. The molecule has 2 aliphatic rings. The van der Waals surface area contributed by atoms with Crippen LogP contribution in [0.15, 0.2) is 41.0 Å². The summed E-state index contributed by atoms with van der Waals surface area (Å²) in [5.74, 6) is 0.723. The number of nitrogens with zero attached hydrogens (tertiary/aromatic N) is 4. The van der Waals surface area contributed by atoms with Crippen LogP contribution in [0.25, 0.3) is 10.9 Å². The topological polar surface area (TPSA) is 87.9 Å².